The van der Waals surface area contributed by atoms with E-state index in [2.05, 4.69) is 54.6 Å². The molecule has 0 radical (unpaired) electrons. The van der Waals surface area contributed by atoms with Crippen molar-refractivity contribution >= 4 is 23.4 Å². The van der Waals surface area contributed by atoms with Crippen LogP contribution in [0.5, 0.6) is 5.75 Å². The lowest BCUT2D eigenvalue weighted by Gasteiger charge is -2.37. The normalized spacial score (nSPS) is 17.0. The summed E-state index contributed by atoms with van der Waals surface area (Å²) in [5.74, 6) is 3.23. The molecule has 2 N–H and O–H groups in total. The Bertz CT molecular complexity index is 1570. The highest BCUT2D eigenvalue weighted by molar-refractivity contribution is 5.95. The molecule has 3 aromatic heterocycles. The molecule has 12 nitrogen and oxygen atoms in total. The molecular formula is C30H36N10O2. The molecule has 1 amide bonds. The Labute approximate surface area is 245 Å². The summed E-state index contributed by atoms with van der Waals surface area (Å²) in [4.78, 5) is 31.7. The number of carbonyl (C=O) groups excluding carboxylic acids is 1. The Morgan fingerprint density at radius 3 is 2.69 bits per heavy atom. The molecule has 1 fully saturated rings. The second kappa shape index (κ2) is 11.7. The summed E-state index contributed by atoms with van der Waals surface area (Å²) in [6.07, 6.45) is 6.29. The van der Waals surface area contributed by atoms with Crippen LogP contribution in [0.25, 0.3) is 5.69 Å². The third kappa shape index (κ3) is 5.37. The molecule has 42 heavy (non-hydrogen) atoms. The zero-order valence-corrected chi connectivity index (χ0v) is 24.4. The van der Waals surface area contributed by atoms with Gasteiger partial charge in [0.2, 0.25) is 5.95 Å². The highest BCUT2D eigenvalue weighted by atomic mass is 16.5. The topological polar surface area (TPSA) is 126 Å². The van der Waals surface area contributed by atoms with E-state index in [9.17, 15) is 4.79 Å². The smallest absolute Gasteiger partial charge is 0.251 e. The summed E-state index contributed by atoms with van der Waals surface area (Å²) >= 11 is 0. The molecule has 2 aliphatic heterocycles. The quantitative estimate of drug-likeness (QED) is 0.324. The Balaban J connectivity index is 1.29. The van der Waals surface area contributed by atoms with Crippen molar-refractivity contribution in [2.75, 3.05) is 37.5 Å². The van der Waals surface area contributed by atoms with Gasteiger partial charge in [-0.15, -0.1) is 10.2 Å². The fraction of sp³-hybridized carbons (Fsp3) is 0.400. The minimum Gasteiger partial charge on any atom is -0.495 e. The van der Waals surface area contributed by atoms with E-state index in [4.69, 9.17) is 9.72 Å². The van der Waals surface area contributed by atoms with Crippen molar-refractivity contribution in [3.8, 4) is 11.4 Å². The number of carbonyl (C=O) groups is 1. The molecule has 4 aromatic rings. The van der Waals surface area contributed by atoms with Gasteiger partial charge in [0.15, 0.2) is 11.6 Å². The van der Waals surface area contributed by atoms with Gasteiger partial charge in [0.25, 0.3) is 5.91 Å². The number of piperidine rings is 1. The lowest BCUT2D eigenvalue weighted by atomic mass is 10.0. The van der Waals surface area contributed by atoms with Crippen LogP contribution in [-0.4, -0.2) is 73.8 Å². The van der Waals surface area contributed by atoms with Crippen molar-refractivity contribution in [2.24, 2.45) is 0 Å². The number of hydrogen-bond acceptors (Lipinski definition) is 10. The molecule has 1 aromatic carbocycles. The first-order chi connectivity index (χ1) is 20.4. The molecule has 0 unspecified atom stereocenters. The van der Waals surface area contributed by atoms with Gasteiger partial charge in [-0.05, 0) is 76.7 Å². The molecule has 1 saturated heterocycles. The van der Waals surface area contributed by atoms with Crippen molar-refractivity contribution in [3.05, 3.63) is 71.7 Å². The van der Waals surface area contributed by atoms with Crippen LogP contribution >= 0.6 is 0 Å². The summed E-state index contributed by atoms with van der Waals surface area (Å²) in [5, 5.41) is 15.3. The second-order valence-electron chi connectivity index (χ2n) is 10.8. The van der Waals surface area contributed by atoms with E-state index in [1.165, 1.54) is 0 Å². The van der Waals surface area contributed by atoms with E-state index in [0.717, 1.165) is 61.2 Å². The number of nitrogens with zero attached hydrogens (tertiary/aromatic N) is 8. The SMILES string of the molecule is CC[C@@H]1c2nnc(C)n2-c2cnc(Nc3ccc(C(=O)NC4CCN(C)CC4)cc3OC)nc2N1Cc1ccccn1. The maximum absolute atomic E-state index is 13.0. The molecule has 5 heterocycles. The second-order valence-corrected chi connectivity index (χ2v) is 10.8. The standard InChI is InChI=1S/C30H36N10O2/c1-5-24-28-37-36-19(2)40(28)25-17-32-30(35-27(25)39(24)18-22-8-6-7-13-31-22)34-23-10-9-20(16-26(23)42-4)29(41)33-21-11-14-38(3)15-12-21/h6-10,13,16-17,21,24H,5,11-12,14-15,18H2,1-4H3,(H,33,41)(H,32,34,35)/t24-/m1/s1. The zero-order valence-electron chi connectivity index (χ0n) is 24.4. The number of fused-ring (bicyclic) bond motifs is 3. The number of hydrogen-bond donors (Lipinski definition) is 2. The zero-order chi connectivity index (χ0) is 29.2. The molecule has 1 atom stereocenters. The fourth-order valence-corrected chi connectivity index (χ4v) is 5.71. The maximum atomic E-state index is 13.0. The molecule has 218 valence electrons. The van der Waals surface area contributed by atoms with Crippen LogP contribution in [0.1, 0.15) is 59.9 Å². The predicted octanol–water partition coefficient (Wildman–Crippen LogP) is 3.81. The first kappa shape index (κ1) is 27.6. The summed E-state index contributed by atoms with van der Waals surface area (Å²) in [6, 6.07) is 11.4. The van der Waals surface area contributed by atoms with E-state index in [0.29, 0.717) is 29.5 Å². The summed E-state index contributed by atoms with van der Waals surface area (Å²) in [6.45, 7) is 6.58. The van der Waals surface area contributed by atoms with Crippen LogP contribution in [-0.2, 0) is 6.54 Å². The summed E-state index contributed by atoms with van der Waals surface area (Å²) in [5.41, 5.74) is 2.95. The average molecular weight is 569 g/mol. The highest BCUT2D eigenvalue weighted by Gasteiger charge is 2.35. The first-order valence-corrected chi connectivity index (χ1v) is 14.4. The summed E-state index contributed by atoms with van der Waals surface area (Å²) in [7, 11) is 3.69. The summed E-state index contributed by atoms with van der Waals surface area (Å²) < 4.78 is 7.70. The van der Waals surface area contributed by atoms with Gasteiger partial charge in [0.1, 0.15) is 17.3 Å². The number of nitrogens with one attached hydrogen (secondary N) is 2. The van der Waals surface area contributed by atoms with E-state index < -0.39 is 0 Å². The number of benzene rings is 1. The largest absolute Gasteiger partial charge is 0.495 e. The van der Waals surface area contributed by atoms with Crippen LogP contribution in [0.2, 0.25) is 0 Å². The van der Waals surface area contributed by atoms with Crippen molar-refractivity contribution in [3.63, 3.8) is 0 Å². The molecular weight excluding hydrogens is 532 g/mol. The minimum absolute atomic E-state index is 0.0413. The Kier molecular flexibility index (Phi) is 7.70. The van der Waals surface area contributed by atoms with E-state index in [1.807, 2.05) is 35.8 Å². The van der Waals surface area contributed by atoms with Crippen molar-refractivity contribution in [1.29, 1.82) is 0 Å². The van der Waals surface area contributed by atoms with Gasteiger partial charge in [-0.1, -0.05) is 13.0 Å². The number of aromatic nitrogens is 6. The number of methoxy groups -OCH3 is 1. The lowest BCUT2D eigenvalue weighted by molar-refractivity contribution is 0.0916. The number of amides is 1. The number of likely N-dealkylation sites (tertiary alicyclic amines) is 1. The molecule has 0 spiro atoms. The van der Waals surface area contributed by atoms with Crippen LogP contribution in [0.15, 0.2) is 48.8 Å². The third-order valence-electron chi connectivity index (χ3n) is 8.00. The lowest BCUT2D eigenvalue weighted by Crippen LogP contribution is -2.43. The highest BCUT2D eigenvalue weighted by Crippen LogP contribution is 2.40. The monoisotopic (exact) mass is 568 g/mol. The Morgan fingerprint density at radius 2 is 1.95 bits per heavy atom. The molecule has 12 heteroatoms. The van der Waals surface area contributed by atoms with Crippen LogP contribution < -0.4 is 20.3 Å². The van der Waals surface area contributed by atoms with Crippen LogP contribution in [0.4, 0.5) is 17.5 Å². The predicted molar refractivity (Wildman–Crippen MR) is 159 cm³/mol. The molecule has 2 aliphatic rings. The van der Waals surface area contributed by atoms with Crippen molar-refractivity contribution in [1.82, 2.24) is 39.9 Å². The minimum atomic E-state index is -0.102. The fourth-order valence-electron chi connectivity index (χ4n) is 5.71. The average Bonchev–Trinajstić information content (AvgIpc) is 3.40. The Morgan fingerprint density at radius 1 is 1.12 bits per heavy atom. The van der Waals surface area contributed by atoms with Gasteiger partial charge in [0, 0.05) is 17.8 Å². The van der Waals surface area contributed by atoms with E-state index in [1.54, 1.807) is 31.6 Å². The molecule has 0 saturated carbocycles. The van der Waals surface area contributed by atoms with Gasteiger partial charge in [-0.3, -0.25) is 14.3 Å². The number of anilines is 3. The van der Waals surface area contributed by atoms with Gasteiger partial charge >= 0.3 is 0 Å². The van der Waals surface area contributed by atoms with Gasteiger partial charge in [-0.25, -0.2) is 4.98 Å². The number of pyridine rings is 1. The third-order valence-corrected chi connectivity index (χ3v) is 8.00. The van der Waals surface area contributed by atoms with Crippen LogP contribution in [0, 0.1) is 6.92 Å². The van der Waals surface area contributed by atoms with Gasteiger partial charge < -0.3 is 25.2 Å². The molecule has 6 rings (SSSR count). The number of aryl methyl sites for hydroxylation is 1. The number of ether oxygens (including phenoxy) is 1. The molecule has 0 aliphatic carbocycles. The van der Waals surface area contributed by atoms with Gasteiger partial charge in [-0.2, -0.15) is 4.98 Å². The van der Waals surface area contributed by atoms with Gasteiger partial charge in [0.05, 0.1) is 37.3 Å². The Hall–Kier alpha value is -4.58. The van der Waals surface area contributed by atoms with Crippen molar-refractivity contribution in [2.45, 2.75) is 51.7 Å². The first-order valence-electron chi connectivity index (χ1n) is 14.4. The molecule has 0 bridgehead atoms. The van der Waals surface area contributed by atoms with E-state index in [-0.39, 0.29) is 18.0 Å². The maximum Gasteiger partial charge on any atom is 0.251 e. The van der Waals surface area contributed by atoms with E-state index >= 15 is 0 Å². The number of rotatable bonds is 8. The van der Waals surface area contributed by atoms with Crippen LogP contribution in [0.3, 0.4) is 0 Å². The van der Waals surface area contributed by atoms with Crippen molar-refractivity contribution < 1.29 is 9.53 Å².